The van der Waals surface area contributed by atoms with Gasteiger partial charge in [0.2, 0.25) is 0 Å². The van der Waals surface area contributed by atoms with Gasteiger partial charge in [-0.3, -0.25) is 4.40 Å². The molecule has 0 spiro atoms. The van der Waals surface area contributed by atoms with Gasteiger partial charge in [0.15, 0.2) is 4.96 Å². The van der Waals surface area contributed by atoms with Crippen molar-refractivity contribution < 1.29 is 0 Å². The third-order valence-electron chi connectivity index (χ3n) is 3.78. The van der Waals surface area contributed by atoms with E-state index in [-0.39, 0.29) is 5.54 Å². The van der Waals surface area contributed by atoms with Crippen LogP contribution < -0.4 is 5.73 Å². The van der Waals surface area contributed by atoms with E-state index in [1.54, 1.807) is 11.3 Å². The Bertz CT molecular complexity index is 463. The summed E-state index contributed by atoms with van der Waals surface area (Å²) in [5, 5.41) is 2.07. The van der Waals surface area contributed by atoms with Gasteiger partial charge in [-0.1, -0.05) is 25.7 Å². The van der Waals surface area contributed by atoms with E-state index >= 15 is 0 Å². The first-order valence-corrected chi connectivity index (χ1v) is 7.33. The number of aromatic nitrogens is 2. The topological polar surface area (TPSA) is 43.3 Å². The van der Waals surface area contributed by atoms with Crippen LogP contribution in [0.1, 0.15) is 44.2 Å². The lowest BCUT2D eigenvalue weighted by molar-refractivity contribution is 0.366. The Kier molecular flexibility index (Phi) is 2.92. The van der Waals surface area contributed by atoms with Crippen molar-refractivity contribution in [3.63, 3.8) is 0 Å². The van der Waals surface area contributed by atoms with Crippen molar-refractivity contribution in [1.29, 1.82) is 0 Å². The Morgan fingerprint density at radius 2 is 2.06 bits per heavy atom. The summed E-state index contributed by atoms with van der Waals surface area (Å²) in [6.07, 6.45) is 12.7. The van der Waals surface area contributed by atoms with Gasteiger partial charge in [-0.15, -0.1) is 11.3 Å². The highest BCUT2D eigenvalue weighted by Gasteiger charge is 2.27. The molecule has 0 radical (unpaired) electrons. The zero-order valence-corrected chi connectivity index (χ0v) is 10.9. The number of rotatable bonds is 2. The zero-order chi connectivity index (χ0) is 11.7. The molecule has 0 amide bonds. The molecule has 0 unspecified atom stereocenters. The second-order valence-corrected chi connectivity index (χ2v) is 6.15. The van der Waals surface area contributed by atoms with E-state index in [0.717, 1.165) is 29.9 Å². The number of nitrogens with zero attached hydrogens (tertiary/aromatic N) is 2. The molecule has 1 saturated carbocycles. The predicted molar refractivity (Wildman–Crippen MR) is 71.4 cm³/mol. The predicted octanol–water partition coefficient (Wildman–Crippen LogP) is 2.99. The SMILES string of the molecule is NC1(Cc2cn3ccsc3n2)CCCCCC1. The number of thiazole rings is 1. The van der Waals surface area contributed by atoms with E-state index in [0.29, 0.717) is 0 Å². The average Bonchev–Trinajstić information content (AvgIpc) is 2.76. The van der Waals surface area contributed by atoms with E-state index in [2.05, 4.69) is 27.2 Å². The molecule has 2 aromatic rings. The summed E-state index contributed by atoms with van der Waals surface area (Å²) in [7, 11) is 0. The van der Waals surface area contributed by atoms with Crippen LogP contribution >= 0.6 is 11.3 Å². The largest absolute Gasteiger partial charge is 0.325 e. The van der Waals surface area contributed by atoms with Gasteiger partial charge in [0, 0.05) is 29.7 Å². The molecular weight excluding hydrogens is 230 g/mol. The van der Waals surface area contributed by atoms with Crippen LogP contribution in [0.15, 0.2) is 17.8 Å². The molecule has 0 saturated heterocycles. The number of hydrogen-bond acceptors (Lipinski definition) is 3. The summed E-state index contributed by atoms with van der Waals surface area (Å²) in [4.78, 5) is 5.72. The quantitative estimate of drug-likeness (QED) is 0.831. The van der Waals surface area contributed by atoms with Gasteiger partial charge in [0.1, 0.15) is 0 Å². The molecule has 4 heteroatoms. The summed E-state index contributed by atoms with van der Waals surface area (Å²) < 4.78 is 2.10. The zero-order valence-electron chi connectivity index (χ0n) is 10.1. The number of nitrogens with two attached hydrogens (primary N) is 1. The fraction of sp³-hybridized carbons (Fsp3) is 0.615. The van der Waals surface area contributed by atoms with Crippen LogP contribution in [0.2, 0.25) is 0 Å². The first-order valence-electron chi connectivity index (χ1n) is 6.45. The minimum absolute atomic E-state index is 0.0134. The molecule has 2 aromatic heterocycles. The van der Waals surface area contributed by atoms with E-state index < -0.39 is 0 Å². The maximum Gasteiger partial charge on any atom is 0.193 e. The summed E-state index contributed by atoms with van der Waals surface area (Å²) >= 11 is 1.68. The maximum absolute atomic E-state index is 6.54. The third kappa shape index (κ3) is 2.38. The number of imidazole rings is 1. The van der Waals surface area contributed by atoms with Gasteiger partial charge in [-0.2, -0.15) is 0 Å². The Labute approximate surface area is 106 Å². The molecule has 0 bridgehead atoms. The lowest BCUT2D eigenvalue weighted by Crippen LogP contribution is -2.41. The van der Waals surface area contributed by atoms with Crippen molar-refractivity contribution in [3.8, 4) is 0 Å². The number of fused-ring (bicyclic) bond motifs is 1. The Morgan fingerprint density at radius 1 is 1.29 bits per heavy atom. The smallest absolute Gasteiger partial charge is 0.193 e. The highest BCUT2D eigenvalue weighted by molar-refractivity contribution is 7.15. The third-order valence-corrected chi connectivity index (χ3v) is 4.55. The van der Waals surface area contributed by atoms with E-state index in [1.807, 2.05) is 0 Å². The van der Waals surface area contributed by atoms with Gasteiger partial charge in [-0.05, 0) is 12.8 Å². The Morgan fingerprint density at radius 3 is 2.76 bits per heavy atom. The fourth-order valence-electron chi connectivity index (χ4n) is 2.83. The van der Waals surface area contributed by atoms with Crippen LogP contribution in [0.25, 0.3) is 4.96 Å². The van der Waals surface area contributed by atoms with Crippen LogP contribution in [0.5, 0.6) is 0 Å². The Balaban J connectivity index is 1.78. The lowest BCUT2D eigenvalue weighted by Gasteiger charge is -2.27. The minimum atomic E-state index is -0.0134. The summed E-state index contributed by atoms with van der Waals surface area (Å²) in [6.45, 7) is 0. The summed E-state index contributed by atoms with van der Waals surface area (Å²) in [5.41, 5.74) is 7.68. The minimum Gasteiger partial charge on any atom is -0.325 e. The van der Waals surface area contributed by atoms with Gasteiger partial charge < -0.3 is 5.73 Å². The fourth-order valence-corrected chi connectivity index (χ4v) is 3.55. The molecule has 17 heavy (non-hydrogen) atoms. The molecule has 3 nitrogen and oxygen atoms in total. The molecule has 2 N–H and O–H groups in total. The van der Waals surface area contributed by atoms with Crippen LogP contribution in [0.4, 0.5) is 0 Å². The summed E-state index contributed by atoms with van der Waals surface area (Å²) in [5.74, 6) is 0. The number of hydrogen-bond donors (Lipinski definition) is 1. The van der Waals surface area contributed by atoms with Gasteiger partial charge in [-0.25, -0.2) is 4.98 Å². The maximum atomic E-state index is 6.54. The van der Waals surface area contributed by atoms with Crippen molar-refractivity contribution >= 4 is 16.3 Å². The van der Waals surface area contributed by atoms with Crippen LogP contribution in [-0.4, -0.2) is 14.9 Å². The molecule has 92 valence electrons. The van der Waals surface area contributed by atoms with Crippen molar-refractivity contribution in [1.82, 2.24) is 9.38 Å². The van der Waals surface area contributed by atoms with E-state index in [1.165, 1.54) is 25.7 Å². The molecule has 0 aliphatic heterocycles. The average molecular weight is 249 g/mol. The van der Waals surface area contributed by atoms with Crippen LogP contribution in [0, 0.1) is 0 Å². The second-order valence-electron chi connectivity index (χ2n) is 5.28. The van der Waals surface area contributed by atoms with Crippen molar-refractivity contribution in [2.24, 2.45) is 5.73 Å². The van der Waals surface area contributed by atoms with E-state index in [4.69, 9.17) is 5.73 Å². The molecule has 1 aliphatic rings. The van der Waals surface area contributed by atoms with Crippen LogP contribution in [-0.2, 0) is 6.42 Å². The Hall–Kier alpha value is -0.870. The van der Waals surface area contributed by atoms with Crippen molar-refractivity contribution in [2.45, 2.75) is 50.5 Å². The molecular formula is C13H19N3S. The molecule has 1 fully saturated rings. The van der Waals surface area contributed by atoms with Crippen molar-refractivity contribution in [3.05, 3.63) is 23.5 Å². The molecule has 0 atom stereocenters. The first kappa shape index (κ1) is 11.2. The first-order chi connectivity index (χ1) is 8.25. The highest BCUT2D eigenvalue weighted by Crippen LogP contribution is 2.28. The monoisotopic (exact) mass is 249 g/mol. The standard InChI is InChI=1S/C13H19N3S/c14-13(5-3-1-2-4-6-13)9-11-10-16-7-8-17-12(16)15-11/h7-8,10H,1-6,9,14H2. The molecule has 1 aliphatic carbocycles. The van der Waals surface area contributed by atoms with Gasteiger partial charge in [0.25, 0.3) is 0 Å². The molecule has 2 heterocycles. The highest BCUT2D eigenvalue weighted by atomic mass is 32.1. The summed E-state index contributed by atoms with van der Waals surface area (Å²) in [6, 6.07) is 0. The van der Waals surface area contributed by atoms with Gasteiger partial charge in [0.05, 0.1) is 5.69 Å². The van der Waals surface area contributed by atoms with Crippen LogP contribution in [0.3, 0.4) is 0 Å². The lowest BCUT2D eigenvalue weighted by atomic mass is 9.87. The van der Waals surface area contributed by atoms with Crippen molar-refractivity contribution in [2.75, 3.05) is 0 Å². The normalized spacial score (nSPS) is 20.5. The second kappa shape index (κ2) is 4.42. The van der Waals surface area contributed by atoms with E-state index in [9.17, 15) is 0 Å². The molecule has 3 rings (SSSR count). The molecule has 0 aromatic carbocycles. The van der Waals surface area contributed by atoms with Gasteiger partial charge >= 0.3 is 0 Å².